The highest BCUT2D eigenvalue weighted by Crippen LogP contribution is 2.36. The fourth-order valence-electron chi connectivity index (χ4n) is 3.30. The predicted octanol–water partition coefficient (Wildman–Crippen LogP) is 4.43. The fourth-order valence-corrected chi connectivity index (χ4v) is 3.30. The van der Waals surface area contributed by atoms with Crippen molar-refractivity contribution in [2.75, 3.05) is 6.54 Å². The van der Waals surface area contributed by atoms with Crippen molar-refractivity contribution in [3.05, 3.63) is 29.3 Å². The van der Waals surface area contributed by atoms with Crippen molar-refractivity contribution >= 4 is 0 Å². The molecule has 0 radical (unpaired) electrons. The third kappa shape index (κ3) is 4.00. The first-order valence-corrected chi connectivity index (χ1v) is 8.29. The zero-order valence-electron chi connectivity index (χ0n) is 14.3. The van der Waals surface area contributed by atoms with Crippen molar-refractivity contribution in [2.24, 2.45) is 17.6 Å². The summed E-state index contributed by atoms with van der Waals surface area (Å²) in [5.74, 6) is 2.28. The van der Waals surface area contributed by atoms with Crippen molar-refractivity contribution in [1.82, 2.24) is 0 Å². The number of aryl methyl sites for hydroxylation is 1. The smallest absolute Gasteiger partial charge is 0.123 e. The Hall–Kier alpha value is -1.02. The molecular weight excluding hydrogens is 258 g/mol. The largest absolute Gasteiger partial charge is 0.490 e. The van der Waals surface area contributed by atoms with E-state index in [9.17, 15) is 0 Å². The molecule has 0 aromatic heterocycles. The van der Waals surface area contributed by atoms with Gasteiger partial charge in [0.05, 0.1) is 0 Å². The van der Waals surface area contributed by atoms with Gasteiger partial charge in [-0.05, 0) is 49.3 Å². The van der Waals surface area contributed by atoms with Crippen molar-refractivity contribution in [3.63, 3.8) is 0 Å². The quantitative estimate of drug-likeness (QED) is 0.893. The van der Waals surface area contributed by atoms with Gasteiger partial charge in [0, 0.05) is 5.92 Å². The first-order valence-electron chi connectivity index (χ1n) is 8.29. The molecule has 0 saturated heterocycles. The highest BCUT2D eigenvalue weighted by Gasteiger charge is 2.30. The second-order valence-electron chi connectivity index (χ2n) is 7.82. The zero-order valence-corrected chi connectivity index (χ0v) is 14.3. The molecule has 0 amide bonds. The van der Waals surface area contributed by atoms with Crippen LogP contribution in [0, 0.1) is 18.8 Å². The van der Waals surface area contributed by atoms with Crippen molar-refractivity contribution < 1.29 is 4.74 Å². The number of benzene rings is 1. The minimum atomic E-state index is 0.0971. The molecule has 21 heavy (non-hydrogen) atoms. The minimum Gasteiger partial charge on any atom is -0.490 e. The van der Waals surface area contributed by atoms with E-state index in [0.29, 0.717) is 5.92 Å². The Labute approximate surface area is 130 Å². The second-order valence-corrected chi connectivity index (χ2v) is 7.82. The van der Waals surface area contributed by atoms with Gasteiger partial charge >= 0.3 is 0 Å². The molecule has 1 aliphatic rings. The monoisotopic (exact) mass is 289 g/mol. The van der Waals surface area contributed by atoms with Gasteiger partial charge < -0.3 is 10.5 Å². The van der Waals surface area contributed by atoms with Crippen LogP contribution in [0.2, 0.25) is 0 Å². The van der Waals surface area contributed by atoms with Crippen LogP contribution in [0.4, 0.5) is 0 Å². The van der Waals surface area contributed by atoms with E-state index in [0.717, 1.165) is 24.6 Å². The predicted molar refractivity (Wildman–Crippen MR) is 89.9 cm³/mol. The molecule has 1 aromatic rings. The van der Waals surface area contributed by atoms with E-state index in [4.69, 9.17) is 10.5 Å². The maximum atomic E-state index is 6.46. The lowest BCUT2D eigenvalue weighted by molar-refractivity contribution is 0.0725. The van der Waals surface area contributed by atoms with Crippen LogP contribution in [0.1, 0.15) is 58.1 Å². The molecule has 2 heteroatoms. The van der Waals surface area contributed by atoms with E-state index < -0.39 is 0 Å². The topological polar surface area (TPSA) is 35.2 Å². The molecule has 0 spiro atoms. The molecule has 0 aliphatic heterocycles. The van der Waals surface area contributed by atoms with Crippen LogP contribution >= 0.6 is 0 Å². The molecule has 1 aliphatic carbocycles. The van der Waals surface area contributed by atoms with Gasteiger partial charge in [-0.25, -0.2) is 0 Å². The number of hydrogen-bond donors (Lipinski definition) is 1. The third-order valence-electron chi connectivity index (χ3n) is 4.71. The van der Waals surface area contributed by atoms with E-state index in [1.165, 1.54) is 24.0 Å². The molecule has 0 bridgehead atoms. The number of hydrogen-bond acceptors (Lipinski definition) is 2. The van der Waals surface area contributed by atoms with Gasteiger partial charge in [0.15, 0.2) is 0 Å². The number of ether oxygens (including phenoxy) is 1. The van der Waals surface area contributed by atoms with Crippen molar-refractivity contribution in [2.45, 2.75) is 65.4 Å². The first kappa shape index (κ1) is 16.4. The molecule has 2 rings (SSSR count). The van der Waals surface area contributed by atoms with E-state index in [1.54, 1.807) is 0 Å². The van der Waals surface area contributed by atoms with Crippen molar-refractivity contribution in [1.29, 1.82) is 0 Å². The lowest BCUT2D eigenvalue weighted by Crippen LogP contribution is -2.38. The van der Waals surface area contributed by atoms with Gasteiger partial charge in [0.1, 0.15) is 11.9 Å². The van der Waals surface area contributed by atoms with Gasteiger partial charge in [-0.3, -0.25) is 0 Å². The SMILES string of the molecule is Cc1ccc(OC2CC(C)CCC2CN)c(C(C)(C)C)c1. The van der Waals surface area contributed by atoms with Gasteiger partial charge in [0.2, 0.25) is 0 Å². The maximum Gasteiger partial charge on any atom is 0.123 e. The van der Waals surface area contributed by atoms with Gasteiger partial charge in [-0.1, -0.05) is 51.8 Å². The summed E-state index contributed by atoms with van der Waals surface area (Å²) in [5.41, 5.74) is 8.65. The van der Waals surface area contributed by atoms with E-state index in [1.807, 2.05) is 0 Å². The summed E-state index contributed by atoms with van der Waals surface area (Å²) in [4.78, 5) is 0. The van der Waals surface area contributed by atoms with Gasteiger partial charge in [0.25, 0.3) is 0 Å². The molecule has 1 aromatic carbocycles. The standard InChI is InChI=1S/C19H31NO/c1-13-7-9-17(16(10-13)19(3,4)5)21-18-11-14(2)6-8-15(18)12-20/h7,9-10,14-15,18H,6,8,11-12,20H2,1-5H3. The molecule has 1 saturated carbocycles. The van der Waals surface area contributed by atoms with Crippen LogP contribution in [0.5, 0.6) is 5.75 Å². The maximum absolute atomic E-state index is 6.46. The van der Waals surface area contributed by atoms with Crippen molar-refractivity contribution in [3.8, 4) is 5.75 Å². The molecule has 3 unspecified atom stereocenters. The molecule has 2 nitrogen and oxygen atoms in total. The molecule has 2 N–H and O–H groups in total. The highest BCUT2D eigenvalue weighted by molar-refractivity contribution is 5.41. The van der Waals surface area contributed by atoms with Gasteiger partial charge in [-0.15, -0.1) is 0 Å². The highest BCUT2D eigenvalue weighted by atomic mass is 16.5. The Morgan fingerprint density at radius 2 is 1.95 bits per heavy atom. The summed E-state index contributed by atoms with van der Waals surface area (Å²) in [5, 5.41) is 0. The summed E-state index contributed by atoms with van der Waals surface area (Å²) in [7, 11) is 0. The second kappa shape index (κ2) is 6.39. The summed E-state index contributed by atoms with van der Waals surface area (Å²) in [6.07, 6.45) is 3.86. The first-order chi connectivity index (χ1) is 9.81. The number of nitrogens with two attached hydrogens (primary N) is 1. The Kier molecular flexibility index (Phi) is 4.98. The van der Waals surface area contributed by atoms with E-state index in [-0.39, 0.29) is 11.5 Å². The molecule has 118 valence electrons. The Balaban J connectivity index is 2.25. The van der Waals surface area contributed by atoms with Crippen LogP contribution in [-0.4, -0.2) is 12.6 Å². The Bertz CT molecular complexity index is 475. The fraction of sp³-hybridized carbons (Fsp3) is 0.684. The number of rotatable bonds is 3. The lowest BCUT2D eigenvalue weighted by atomic mass is 9.80. The summed E-state index contributed by atoms with van der Waals surface area (Å²) < 4.78 is 6.46. The van der Waals surface area contributed by atoms with Crippen LogP contribution in [0.3, 0.4) is 0 Å². The van der Waals surface area contributed by atoms with Crippen LogP contribution in [0.25, 0.3) is 0 Å². The lowest BCUT2D eigenvalue weighted by Gasteiger charge is -2.36. The van der Waals surface area contributed by atoms with Crippen LogP contribution in [-0.2, 0) is 5.41 Å². The Morgan fingerprint density at radius 1 is 1.24 bits per heavy atom. The average molecular weight is 289 g/mol. The molecule has 1 fully saturated rings. The Morgan fingerprint density at radius 3 is 2.57 bits per heavy atom. The summed E-state index contributed by atoms with van der Waals surface area (Å²) >= 11 is 0. The van der Waals surface area contributed by atoms with Crippen LogP contribution in [0.15, 0.2) is 18.2 Å². The average Bonchev–Trinajstić information content (AvgIpc) is 2.40. The molecule has 0 heterocycles. The summed E-state index contributed by atoms with van der Waals surface area (Å²) in [6.45, 7) is 11.9. The van der Waals surface area contributed by atoms with Gasteiger partial charge in [-0.2, -0.15) is 0 Å². The van der Waals surface area contributed by atoms with E-state index in [2.05, 4.69) is 52.8 Å². The molecule has 3 atom stereocenters. The van der Waals surface area contributed by atoms with E-state index >= 15 is 0 Å². The zero-order chi connectivity index (χ0) is 15.6. The minimum absolute atomic E-state index is 0.0971. The molecular formula is C19H31NO. The third-order valence-corrected chi connectivity index (χ3v) is 4.71. The summed E-state index contributed by atoms with van der Waals surface area (Å²) in [6, 6.07) is 6.55. The van der Waals surface area contributed by atoms with Crippen LogP contribution < -0.4 is 10.5 Å². The normalized spacial score (nSPS) is 26.7.